The first-order valence-electron chi connectivity index (χ1n) is 5.72. The smallest absolute Gasteiger partial charge is 0.350 e. The number of pyridine rings is 1. The van der Waals surface area contributed by atoms with Gasteiger partial charge in [-0.05, 0) is 23.9 Å². The van der Waals surface area contributed by atoms with Gasteiger partial charge in [-0.25, -0.2) is 9.78 Å². The quantitative estimate of drug-likeness (QED) is 0.679. The third kappa shape index (κ3) is 3.34. The highest BCUT2D eigenvalue weighted by molar-refractivity contribution is 7.12. The van der Waals surface area contributed by atoms with Gasteiger partial charge in [0.05, 0.1) is 23.4 Å². The molecule has 0 saturated carbocycles. The molecule has 0 aliphatic rings. The molecule has 0 aliphatic heterocycles. The highest BCUT2D eigenvalue weighted by Gasteiger charge is 2.20. The van der Waals surface area contributed by atoms with Gasteiger partial charge in [0, 0.05) is 6.20 Å². The van der Waals surface area contributed by atoms with E-state index < -0.39 is 11.9 Å². The molecule has 2 aromatic heterocycles. The lowest BCUT2D eigenvalue weighted by atomic mass is 10.2. The van der Waals surface area contributed by atoms with Crippen LogP contribution in [0.3, 0.4) is 0 Å². The van der Waals surface area contributed by atoms with Crippen LogP contribution in [0.5, 0.6) is 0 Å². The molecule has 110 valence electrons. The number of nitrogens with one attached hydrogen (secondary N) is 1. The Morgan fingerprint density at radius 1 is 1.38 bits per heavy atom. The highest BCUT2D eigenvalue weighted by Crippen LogP contribution is 2.29. The van der Waals surface area contributed by atoms with Gasteiger partial charge in [-0.15, -0.1) is 11.3 Å². The summed E-state index contributed by atoms with van der Waals surface area (Å²) in [6.07, 6.45) is 1.29. The number of hydrogen-bond donors (Lipinski definition) is 1. The molecule has 0 aromatic carbocycles. The number of aryl methyl sites for hydroxylation is 1. The molecule has 0 spiro atoms. The molecule has 1 N–H and O–H groups in total. The van der Waals surface area contributed by atoms with E-state index in [4.69, 9.17) is 23.2 Å². The van der Waals surface area contributed by atoms with E-state index in [0.29, 0.717) is 10.6 Å². The molecule has 21 heavy (non-hydrogen) atoms. The molecule has 5 nitrogen and oxygen atoms in total. The summed E-state index contributed by atoms with van der Waals surface area (Å²) in [5.41, 5.74) is 1.34. The Balaban J connectivity index is 2.34. The zero-order chi connectivity index (χ0) is 15.6. The Morgan fingerprint density at radius 2 is 2.10 bits per heavy atom. The molecule has 2 aromatic rings. The minimum atomic E-state index is -0.512. The Kier molecular flexibility index (Phi) is 4.82. The number of carbonyl (C=O) groups excluding carboxylic acids is 2. The van der Waals surface area contributed by atoms with E-state index in [2.05, 4.69) is 15.0 Å². The van der Waals surface area contributed by atoms with Gasteiger partial charge in [-0.1, -0.05) is 23.2 Å². The van der Waals surface area contributed by atoms with Crippen LogP contribution in [-0.2, 0) is 4.74 Å². The van der Waals surface area contributed by atoms with Crippen LogP contribution in [0.2, 0.25) is 10.2 Å². The maximum absolute atomic E-state index is 12.3. The molecule has 1 amide bonds. The number of methoxy groups -OCH3 is 1. The number of nitrogens with zero attached hydrogens (tertiary/aromatic N) is 1. The van der Waals surface area contributed by atoms with Gasteiger partial charge in [0.1, 0.15) is 10.0 Å². The molecule has 0 unspecified atom stereocenters. The molecular weight excluding hydrogens is 335 g/mol. The summed E-state index contributed by atoms with van der Waals surface area (Å²) in [5.74, 6) is -0.988. The minimum Gasteiger partial charge on any atom is -0.465 e. The van der Waals surface area contributed by atoms with Crippen molar-refractivity contribution in [3.05, 3.63) is 43.8 Å². The maximum atomic E-state index is 12.3. The van der Waals surface area contributed by atoms with Crippen molar-refractivity contribution in [2.45, 2.75) is 6.92 Å². The molecule has 0 fully saturated rings. The normalized spacial score (nSPS) is 10.3. The molecule has 0 atom stereocenters. The number of esters is 1. The van der Waals surface area contributed by atoms with Gasteiger partial charge in [0.25, 0.3) is 5.91 Å². The van der Waals surface area contributed by atoms with E-state index in [9.17, 15) is 9.59 Å². The zero-order valence-electron chi connectivity index (χ0n) is 11.1. The Hall–Kier alpha value is -1.63. The van der Waals surface area contributed by atoms with Crippen LogP contribution in [0, 0.1) is 6.92 Å². The summed E-state index contributed by atoms with van der Waals surface area (Å²) >= 11 is 12.9. The van der Waals surface area contributed by atoms with Crippen molar-refractivity contribution in [2.75, 3.05) is 12.4 Å². The van der Waals surface area contributed by atoms with E-state index in [1.165, 1.54) is 30.7 Å². The van der Waals surface area contributed by atoms with Crippen molar-refractivity contribution in [3.63, 3.8) is 0 Å². The van der Waals surface area contributed by atoms with Crippen LogP contribution < -0.4 is 5.32 Å². The summed E-state index contributed by atoms with van der Waals surface area (Å²) in [5, 5.41) is 4.73. The summed E-state index contributed by atoms with van der Waals surface area (Å²) in [4.78, 5) is 28.0. The highest BCUT2D eigenvalue weighted by atomic mass is 35.5. The monoisotopic (exact) mass is 344 g/mol. The predicted octanol–water partition coefficient (Wildman–Crippen LogP) is 3.80. The standard InChI is InChI=1S/C13H10Cl2N2O3S/c1-6-5-21-11(13(19)20-2)10(6)17-12(18)7-3-9(15)16-4-8(7)14/h3-5H,1-2H3,(H,17,18). The third-order valence-corrected chi connectivity index (χ3v) is 4.24. The molecule has 0 bridgehead atoms. The molecule has 8 heteroatoms. The van der Waals surface area contributed by atoms with Gasteiger partial charge >= 0.3 is 5.97 Å². The largest absolute Gasteiger partial charge is 0.465 e. The average molecular weight is 345 g/mol. The fourth-order valence-electron chi connectivity index (χ4n) is 1.61. The number of hydrogen-bond acceptors (Lipinski definition) is 5. The number of halogens is 2. The SMILES string of the molecule is COC(=O)c1scc(C)c1NC(=O)c1cc(Cl)ncc1Cl. The van der Waals surface area contributed by atoms with Crippen LogP contribution in [0.25, 0.3) is 0 Å². The minimum absolute atomic E-state index is 0.153. The van der Waals surface area contributed by atoms with Gasteiger partial charge in [-0.2, -0.15) is 0 Å². The number of amides is 1. The van der Waals surface area contributed by atoms with Gasteiger partial charge < -0.3 is 10.1 Å². The summed E-state index contributed by atoms with van der Waals surface area (Å²) < 4.78 is 4.68. The first-order chi connectivity index (χ1) is 9.93. The van der Waals surface area contributed by atoms with Crippen LogP contribution in [0.1, 0.15) is 25.6 Å². The van der Waals surface area contributed by atoms with Crippen molar-refractivity contribution >= 4 is 52.1 Å². The third-order valence-electron chi connectivity index (χ3n) is 2.65. The van der Waals surface area contributed by atoms with Gasteiger partial charge in [-0.3, -0.25) is 4.79 Å². The van der Waals surface area contributed by atoms with Crippen molar-refractivity contribution in [1.29, 1.82) is 0 Å². The first kappa shape index (κ1) is 15.8. The van der Waals surface area contributed by atoms with Crippen molar-refractivity contribution < 1.29 is 14.3 Å². The molecular formula is C13H10Cl2N2O3S. The lowest BCUT2D eigenvalue weighted by molar-refractivity contribution is 0.0607. The van der Waals surface area contributed by atoms with Crippen LogP contribution in [-0.4, -0.2) is 24.0 Å². The number of carbonyl (C=O) groups is 2. The average Bonchev–Trinajstić information content (AvgIpc) is 2.82. The number of rotatable bonds is 3. The van der Waals surface area contributed by atoms with Gasteiger partial charge in [0.2, 0.25) is 0 Å². The Bertz CT molecular complexity index is 715. The van der Waals surface area contributed by atoms with E-state index in [1.807, 2.05) is 0 Å². The molecule has 2 heterocycles. The number of anilines is 1. The second-order valence-electron chi connectivity index (χ2n) is 4.06. The van der Waals surface area contributed by atoms with E-state index >= 15 is 0 Å². The second-order valence-corrected chi connectivity index (χ2v) is 5.73. The van der Waals surface area contributed by atoms with Crippen molar-refractivity contribution in [1.82, 2.24) is 4.98 Å². The lowest BCUT2D eigenvalue weighted by Crippen LogP contribution is -2.15. The molecule has 0 saturated heterocycles. The Morgan fingerprint density at radius 3 is 2.76 bits per heavy atom. The topological polar surface area (TPSA) is 68.3 Å². The fraction of sp³-hybridized carbons (Fsp3) is 0.154. The predicted molar refractivity (Wildman–Crippen MR) is 82.6 cm³/mol. The summed E-state index contributed by atoms with van der Waals surface area (Å²) in [6.45, 7) is 1.78. The summed E-state index contributed by atoms with van der Waals surface area (Å²) in [6, 6.07) is 1.36. The summed E-state index contributed by atoms with van der Waals surface area (Å²) in [7, 11) is 1.28. The van der Waals surface area contributed by atoms with Gasteiger partial charge in [0.15, 0.2) is 0 Å². The van der Waals surface area contributed by atoms with Crippen molar-refractivity contribution in [3.8, 4) is 0 Å². The maximum Gasteiger partial charge on any atom is 0.350 e. The van der Waals surface area contributed by atoms with E-state index in [-0.39, 0.29) is 15.7 Å². The lowest BCUT2D eigenvalue weighted by Gasteiger charge is -2.08. The first-order valence-corrected chi connectivity index (χ1v) is 7.36. The van der Waals surface area contributed by atoms with E-state index in [0.717, 1.165) is 5.56 Å². The molecule has 2 rings (SSSR count). The number of aromatic nitrogens is 1. The second kappa shape index (κ2) is 6.43. The Labute approximate surface area is 134 Å². The fourth-order valence-corrected chi connectivity index (χ4v) is 2.88. The molecule has 0 aliphatic carbocycles. The number of ether oxygens (including phenoxy) is 1. The van der Waals surface area contributed by atoms with Crippen LogP contribution >= 0.6 is 34.5 Å². The number of thiophene rings is 1. The van der Waals surface area contributed by atoms with Crippen LogP contribution in [0.4, 0.5) is 5.69 Å². The van der Waals surface area contributed by atoms with Crippen molar-refractivity contribution in [2.24, 2.45) is 0 Å². The molecule has 0 radical (unpaired) electrons. The zero-order valence-corrected chi connectivity index (χ0v) is 13.4. The van der Waals surface area contributed by atoms with E-state index in [1.54, 1.807) is 12.3 Å². The van der Waals surface area contributed by atoms with Crippen LogP contribution in [0.15, 0.2) is 17.6 Å².